The molecule has 3 heteroatoms. The van der Waals surface area contributed by atoms with Crippen molar-refractivity contribution in [3.05, 3.63) is 212 Å². The van der Waals surface area contributed by atoms with Gasteiger partial charge in [-0.2, -0.15) is 0 Å². The van der Waals surface area contributed by atoms with E-state index in [1.54, 1.807) is 0 Å². The minimum atomic E-state index is 0.628. The maximum atomic E-state index is 5.15. The van der Waals surface area contributed by atoms with E-state index in [9.17, 15) is 0 Å². The van der Waals surface area contributed by atoms with Gasteiger partial charge in [0, 0.05) is 16.7 Å². The molecule has 0 saturated heterocycles. The fraction of sp³-hybridized carbons (Fsp3) is 0. The average Bonchev–Trinajstić information content (AvgIpc) is 3.31. The molecule has 3 nitrogen and oxygen atoms in total. The van der Waals surface area contributed by atoms with Crippen LogP contribution in [0.25, 0.3) is 111 Å². The molecule has 0 fully saturated rings. The van der Waals surface area contributed by atoms with Crippen molar-refractivity contribution < 1.29 is 0 Å². The first-order chi connectivity index (χ1) is 28.7. The summed E-state index contributed by atoms with van der Waals surface area (Å²) in [5.41, 5.74) is 9.77. The number of rotatable bonds is 6. The van der Waals surface area contributed by atoms with Crippen molar-refractivity contribution in [2.24, 2.45) is 0 Å². The molecule has 0 amide bonds. The van der Waals surface area contributed by atoms with Crippen LogP contribution in [0, 0.1) is 0 Å². The molecule has 11 aromatic rings. The third kappa shape index (κ3) is 5.98. The summed E-state index contributed by atoms with van der Waals surface area (Å²) in [5.74, 6) is 1.89. The monoisotopic (exact) mass is 737 g/mol. The molecule has 0 saturated carbocycles. The summed E-state index contributed by atoms with van der Waals surface area (Å²) < 4.78 is 0. The second kappa shape index (κ2) is 14.1. The van der Waals surface area contributed by atoms with Crippen LogP contribution in [0.5, 0.6) is 0 Å². The standard InChI is InChI=1S/C55H35N3/c1-2-12-36(13-3-1)43-18-10-19-45(34-43)55-57-53(41-28-24-39(25-29-41)47-23-11-17-37-14-4-7-20-46(37)47)56-54(58-55)42-30-26-40(27-31-42)52-49-22-9-6-16-44(49)35-51-48-21-8-5-15-38(48)32-33-50(51)52/h1-35H. The molecular formula is C55H35N3. The SMILES string of the molecule is c1ccc(-c2cccc(-c3nc(-c4ccc(-c5cccc6ccccc56)cc4)nc(-c4ccc(-c5c6ccccc6cc6c5ccc5ccccc56)cc4)n3)c2)cc1. The molecule has 0 aliphatic carbocycles. The third-order valence-corrected chi connectivity index (χ3v) is 11.3. The van der Waals surface area contributed by atoms with Gasteiger partial charge in [-0.15, -0.1) is 0 Å². The quantitative estimate of drug-likeness (QED) is 0.126. The highest BCUT2D eigenvalue weighted by Gasteiger charge is 2.16. The maximum absolute atomic E-state index is 5.15. The van der Waals surface area contributed by atoms with E-state index >= 15 is 0 Å². The van der Waals surface area contributed by atoms with Gasteiger partial charge >= 0.3 is 0 Å². The van der Waals surface area contributed by atoms with Gasteiger partial charge in [0.05, 0.1) is 0 Å². The van der Waals surface area contributed by atoms with Crippen molar-refractivity contribution in [3.63, 3.8) is 0 Å². The molecule has 11 rings (SSSR count). The Hall–Kier alpha value is -7.75. The van der Waals surface area contributed by atoms with Gasteiger partial charge in [0.15, 0.2) is 17.5 Å². The van der Waals surface area contributed by atoms with Crippen LogP contribution in [-0.2, 0) is 0 Å². The van der Waals surface area contributed by atoms with Gasteiger partial charge in [0.2, 0.25) is 0 Å². The van der Waals surface area contributed by atoms with E-state index in [0.29, 0.717) is 17.5 Å². The molecule has 0 spiro atoms. The van der Waals surface area contributed by atoms with Gasteiger partial charge in [0.1, 0.15) is 0 Å². The van der Waals surface area contributed by atoms with Crippen LogP contribution in [0.2, 0.25) is 0 Å². The number of hydrogen-bond acceptors (Lipinski definition) is 3. The average molecular weight is 738 g/mol. The number of nitrogens with zero attached hydrogens (tertiary/aromatic N) is 3. The summed E-state index contributed by atoms with van der Waals surface area (Å²) in [6.07, 6.45) is 0. The molecule has 58 heavy (non-hydrogen) atoms. The van der Waals surface area contributed by atoms with Crippen LogP contribution >= 0.6 is 0 Å². The Morgan fingerprint density at radius 3 is 1.45 bits per heavy atom. The molecule has 1 heterocycles. The molecular weight excluding hydrogens is 703 g/mol. The first-order valence-electron chi connectivity index (χ1n) is 19.7. The van der Waals surface area contributed by atoms with Crippen LogP contribution in [-0.4, -0.2) is 15.0 Å². The summed E-state index contributed by atoms with van der Waals surface area (Å²) in [5, 5.41) is 9.90. The van der Waals surface area contributed by atoms with Crippen molar-refractivity contribution in [2.45, 2.75) is 0 Å². The highest BCUT2D eigenvalue weighted by Crippen LogP contribution is 2.40. The van der Waals surface area contributed by atoms with Crippen molar-refractivity contribution in [2.75, 3.05) is 0 Å². The zero-order valence-corrected chi connectivity index (χ0v) is 31.5. The van der Waals surface area contributed by atoms with Crippen molar-refractivity contribution in [1.29, 1.82) is 0 Å². The molecule has 0 bridgehead atoms. The van der Waals surface area contributed by atoms with E-state index < -0.39 is 0 Å². The van der Waals surface area contributed by atoms with Gasteiger partial charge < -0.3 is 0 Å². The Kier molecular flexibility index (Phi) is 8.15. The lowest BCUT2D eigenvalue weighted by atomic mass is 9.89. The smallest absolute Gasteiger partial charge is 0.164 e. The number of benzene rings is 10. The second-order valence-corrected chi connectivity index (χ2v) is 14.8. The molecule has 270 valence electrons. The largest absolute Gasteiger partial charge is 0.208 e. The molecule has 0 aliphatic rings. The predicted octanol–water partition coefficient (Wildman–Crippen LogP) is 14.5. The van der Waals surface area contributed by atoms with E-state index in [2.05, 4.69) is 206 Å². The first kappa shape index (κ1) is 33.6. The Labute approximate surface area is 336 Å². The predicted molar refractivity (Wildman–Crippen MR) is 242 cm³/mol. The van der Waals surface area contributed by atoms with Crippen LogP contribution in [0.15, 0.2) is 212 Å². The van der Waals surface area contributed by atoms with Gasteiger partial charge in [0.25, 0.3) is 0 Å². The Balaban J connectivity index is 1.04. The van der Waals surface area contributed by atoms with E-state index in [1.807, 2.05) is 6.07 Å². The van der Waals surface area contributed by atoms with E-state index in [-0.39, 0.29) is 0 Å². The molecule has 0 N–H and O–H groups in total. The van der Waals surface area contributed by atoms with E-state index in [4.69, 9.17) is 15.0 Å². The van der Waals surface area contributed by atoms with Gasteiger partial charge in [-0.25, -0.2) is 15.0 Å². The molecule has 0 radical (unpaired) electrons. The van der Waals surface area contributed by atoms with E-state index in [1.165, 1.54) is 54.2 Å². The lowest BCUT2D eigenvalue weighted by molar-refractivity contribution is 1.07. The van der Waals surface area contributed by atoms with Crippen molar-refractivity contribution in [1.82, 2.24) is 15.0 Å². The highest BCUT2D eigenvalue weighted by atomic mass is 15.0. The Morgan fingerprint density at radius 1 is 0.224 bits per heavy atom. The minimum absolute atomic E-state index is 0.628. The fourth-order valence-electron chi connectivity index (χ4n) is 8.42. The maximum Gasteiger partial charge on any atom is 0.164 e. The number of hydrogen-bond donors (Lipinski definition) is 0. The molecule has 0 aliphatic heterocycles. The molecule has 1 aromatic heterocycles. The lowest BCUT2D eigenvalue weighted by Crippen LogP contribution is -2.00. The van der Waals surface area contributed by atoms with Crippen LogP contribution in [0.4, 0.5) is 0 Å². The van der Waals surface area contributed by atoms with Crippen LogP contribution < -0.4 is 0 Å². The fourth-order valence-corrected chi connectivity index (χ4v) is 8.42. The lowest BCUT2D eigenvalue weighted by Gasteiger charge is -2.15. The summed E-state index contributed by atoms with van der Waals surface area (Å²) in [6.45, 7) is 0. The first-order valence-corrected chi connectivity index (χ1v) is 19.7. The topological polar surface area (TPSA) is 38.7 Å². The summed E-state index contributed by atoms with van der Waals surface area (Å²) in [4.78, 5) is 15.4. The minimum Gasteiger partial charge on any atom is -0.208 e. The Bertz CT molecular complexity index is 3310. The third-order valence-electron chi connectivity index (χ3n) is 11.3. The second-order valence-electron chi connectivity index (χ2n) is 14.8. The normalized spacial score (nSPS) is 11.4. The van der Waals surface area contributed by atoms with E-state index in [0.717, 1.165) is 38.9 Å². The van der Waals surface area contributed by atoms with Crippen molar-refractivity contribution >= 4 is 43.1 Å². The van der Waals surface area contributed by atoms with Gasteiger partial charge in [-0.05, 0) is 88.6 Å². The van der Waals surface area contributed by atoms with Crippen LogP contribution in [0.3, 0.4) is 0 Å². The number of aromatic nitrogens is 3. The Morgan fingerprint density at radius 2 is 0.724 bits per heavy atom. The zero-order chi connectivity index (χ0) is 38.4. The van der Waals surface area contributed by atoms with Gasteiger partial charge in [-0.3, -0.25) is 0 Å². The van der Waals surface area contributed by atoms with Crippen LogP contribution in [0.1, 0.15) is 0 Å². The zero-order valence-electron chi connectivity index (χ0n) is 31.5. The molecule has 0 unspecified atom stereocenters. The van der Waals surface area contributed by atoms with Crippen molar-refractivity contribution in [3.8, 4) is 67.5 Å². The number of fused-ring (bicyclic) bond motifs is 5. The molecule has 10 aromatic carbocycles. The molecule has 0 atom stereocenters. The summed E-state index contributed by atoms with van der Waals surface area (Å²) in [6, 6.07) is 75.4. The van der Waals surface area contributed by atoms with Gasteiger partial charge in [-0.1, -0.05) is 200 Å². The summed E-state index contributed by atoms with van der Waals surface area (Å²) in [7, 11) is 0. The summed E-state index contributed by atoms with van der Waals surface area (Å²) >= 11 is 0. The highest BCUT2D eigenvalue weighted by molar-refractivity contribution is 6.20.